The maximum absolute atomic E-state index is 11.7. The van der Waals surface area contributed by atoms with Crippen molar-refractivity contribution >= 4 is 5.91 Å². The zero-order chi connectivity index (χ0) is 14.4. The zero-order valence-electron chi connectivity index (χ0n) is 12.0. The number of benzene rings is 1. The molecule has 1 heterocycles. The molecule has 2 rings (SSSR count). The summed E-state index contributed by atoms with van der Waals surface area (Å²) >= 11 is 0. The summed E-state index contributed by atoms with van der Waals surface area (Å²) < 4.78 is 5.51. The van der Waals surface area contributed by atoms with Gasteiger partial charge in [0.15, 0.2) is 0 Å². The highest BCUT2D eigenvalue weighted by atomic mass is 16.5. The Morgan fingerprint density at radius 2 is 2.05 bits per heavy atom. The van der Waals surface area contributed by atoms with E-state index < -0.39 is 6.10 Å². The van der Waals surface area contributed by atoms with Gasteiger partial charge >= 0.3 is 0 Å². The molecule has 1 atom stereocenters. The van der Waals surface area contributed by atoms with Crippen LogP contribution in [0.15, 0.2) is 24.3 Å². The van der Waals surface area contributed by atoms with Crippen molar-refractivity contribution in [1.82, 2.24) is 4.90 Å². The number of amides is 1. The van der Waals surface area contributed by atoms with E-state index >= 15 is 0 Å². The van der Waals surface area contributed by atoms with Gasteiger partial charge in [0.1, 0.15) is 5.75 Å². The summed E-state index contributed by atoms with van der Waals surface area (Å²) in [5.74, 6) is 0.968. The molecule has 0 aliphatic carbocycles. The number of hydrogen-bond donors (Lipinski definition) is 1. The highest BCUT2D eigenvalue weighted by molar-refractivity contribution is 5.76. The number of carbonyl (C=O) groups excluding carboxylic acids is 1. The van der Waals surface area contributed by atoms with Crippen LogP contribution >= 0.6 is 0 Å². The number of likely N-dealkylation sites (tertiary alicyclic amines) is 1. The number of aliphatic hydroxyl groups excluding tert-OH is 1. The van der Waals surface area contributed by atoms with Gasteiger partial charge in [0.25, 0.3) is 0 Å². The van der Waals surface area contributed by atoms with Crippen LogP contribution in [0.5, 0.6) is 5.75 Å². The van der Waals surface area contributed by atoms with Crippen LogP contribution in [0, 0.1) is 0 Å². The Morgan fingerprint density at radius 1 is 1.30 bits per heavy atom. The number of β-amino-alcohol motifs (C(OH)–C–C–N with tert-alkyl or cyclic N) is 1. The first-order valence-electron chi connectivity index (χ1n) is 7.39. The van der Waals surface area contributed by atoms with Crippen molar-refractivity contribution < 1.29 is 14.6 Å². The van der Waals surface area contributed by atoms with Crippen LogP contribution in [0.2, 0.25) is 0 Å². The summed E-state index contributed by atoms with van der Waals surface area (Å²) in [7, 11) is 0. The normalized spacial score (nSPS) is 17.1. The monoisotopic (exact) mass is 277 g/mol. The van der Waals surface area contributed by atoms with Crippen molar-refractivity contribution in [3.63, 3.8) is 0 Å². The third-order valence-corrected chi connectivity index (χ3v) is 3.55. The summed E-state index contributed by atoms with van der Waals surface area (Å²) in [6.07, 6.45) is 2.95. The number of rotatable bonds is 6. The van der Waals surface area contributed by atoms with Gasteiger partial charge in [0.2, 0.25) is 5.91 Å². The van der Waals surface area contributed by atoms with Gasteiger partial charge in [-0.1, -0.05) is 19.1 Å². The lowest BCUT2D eigenvalue weighted by atomic mass is 10.1. The number of ether oxygens (including phenoxy) is 1. The van der Waals surface area contributed by atoms with Gasteiger partial charge in [0, 0.05) is 13.0 Å². The van der Waals surface area contributed by atoms with Gasteiger partial charge in [0.05, 0.1) is 19.3 Å². The molecule has 0 radical (unpaired) electrons. The number of hydrogen-bond acceptors (Lipinski definition) is 3. The molecule has 0 spiro atoms. The van der Waals surface area contributed by atoms with E-state index in [1.54, 1.807) is 4.90 Å². The highest BCUT2D eigenvalue weighted by Gasteiger charge is 2.21. The van der Waals surface area contributed by atoms with E-state index in [0.29, 0.717) is 19.6 Å². The Balaban J connectivity index is 1.91. The Hall–Kier alpha value is -1.55. The summed E-state index contributed by atoms with van der Waals surface area (Å²) in [4.78, 5) is 13.5. The first-order chi connectivity index (χ1) is 9.70. The zero-order valence-corrected chi connectivity index (χ0v) is 12.0. The summed E-state index contributed by atoms with van der Waals surface area (Å²) in [5.41, 5.74) is 0.826. The van der Waals surface area contributed by atoms with Crippen LogP contribution in [-0.2, 0) is 4.79 Å². The average Bonchev–Trinajstić information content (AvgIpc) is 2.48. The smallest absolute Gasteiger partial charge is 0.222 e. The summed E-state index contributed by atoms with van der Waals surface area (Å²) in [5, 5.41) is 10.2. The second-order valence-electron chi connectivity index (χ2n) is 5.23. The molecule has 1 unspecified atom stereocenters. The molecule has 1 aliphatic heterocycles. The molecule has 0 saturated carbocycles. The molecule has 1 fully saturated rings. The fourth-order valence-electron chi connectivity index (χ4n) is 2.38. The molecule has 4 heteroatoms. The molecular weight excluding hydrogens is 254 g/mol. The van der Waals surface area contributed by atoms with E-state index in [4.69, 9.17) is 4.74 Å². The van der Waals surface area contributed by atoms with Crippen molar-refractivity contribution in [2.75, 3.05) is 19.7 Å². The maximum Gasteiger partial charge on any atom is 0.222 e. The minimum Gasteiger partial charge on any atom is -0.494 e. The molecule has 1 aliphatic rings. The van der Waals surface area contributed by atoms with Gasteiger partial charge in [-0.2, -0.15) is 0 Å². The van der Waals surface area contributed by atoms with Crippen molar-refractivity contribution in [2.24, 2.45) is 0 Å². The van der Waals surface area contributed by atoms with Crippen molar-refractivity contribution in [1.29, 1.82) is 0 Å². The van der Waals surface area contributed by atoms with Gasteiger partial charge < -0.3 is 14.7 Å². The molecule has 1 amide bonds. The van der Waals surface area contributed by atoms with Gasteiger partial charge in [-0.25, -0.2) is 0 Å². The van der Waals surface area contributed by atoms with E-state index in [0.717, 1.165) is 37.1 Å². The number of nitrogens with zero attached hydrogens (tertiary/aromatic N) is 1. The van der Waals surface area contributed by atoms with Crippen LogP contribution in [0.25, 0.3) is 0 Å². The first kappa shape index (κ1) is 14.9. The molecule has 20 heavy (non-hydrogen) atoms. The van der Waals surface area contributed by atoms with Crippen molar-refractivity contribution in [3.05, 3.63) is 29.8 Å². The van der Waals surface area contributed by atoms with E-state index in [-0.39, 0.29) is 5.91 Å². The third kappa shape index (κ3) is 3.97. The number of aliphatic hydroxyl groups is 1. The van der Waals surface area contributed by atoms with Gasteiger partial charge in [-0.05, 0) is 37.0 Å². The molecular formula is C16H23NO3. The van der Waals surface area contributed by atoms with Crippen molar-refractivity contribution in [3.8, 4) is 5.75 Å². The van der Waals surface area contributed by atoms with Crippen molar-refractivity contribution in [2.45, 2.75) is 38.7 Å². The number of carbonyl (C=O) groups is 1. The molecule has 1 aromatic rings. The molecule has 0 bridgehead atoms. The molecule has 1 saturated heterocycles. The highest BCUT2D eigenvalue weighted by Crippen LogP contribution is 2.21. The fraction of sp³-hybridized carbons (Fsp3) is 0.562. The lowest BCUT2D eigenvalue weighted by Crippen LogP contribution is -2.38. The van der Waals surface area contributed by atoms with Crippen LogP contribution < -0.4 is 4.74 Å². The Morgan fingerprint density at radius 3 is 2.70 bits per heavy atom. The Bertz CT molecular complexity index is 430. The predicted molar refractivity (Wildman–Crippen MR) is 77.6 cm³/mol. The molecule has 1 aromatic carbocycles. The van der Waals surface area contributed by atoms with Crippen LogP contribution in [0.4, 0.5) is 0 Å². The van der Waals surface area contributed by atoms with Gasteiger partial charge in [-0.3, -0.25) is 4.79 Å². The molecule has 4 nitrogen and oxygen atoms in total. The standard InChI is InChI=1S/C16H23NO3/c1-2-11-20-14-8-6-13(7-9-14)15(18)12-17-10-4-3-5-16(17)19/h6-9,15,18H,2-5,10-12H2,1H3. The fourth-order valence-corrected chi connectivity index (χ4v) is 2.38. The topological polar surface area (TPSA) is 49.8 Å². The average molecular weight is 277 g/mol. The third-order valence-electron chi connectivity index (χ3n) is 3.55. The predicted octanol–water partition coefficient (Wildman–Crippen LogP) is 2.52. The minimum atomic E-state index is -0.628. The first-order valence-corrected chi connectivity index (χ1v) is 7.39. The quantitative estimate of drug-likeness (QED) is 0.869. The second kappa shape index (κ2) is 7.29. The molecule has 1 N–H and O–H groups in total. The maximum atomic E-state index is 11.7. The largest absolute Gasteiger partial charge is 0.494 e. The van der Waals surface area contributed by atoms with E-state index in [2.05, 4.69) is 6.92 Å². The summed E-state index contributed by atoms with van der Waals surface area (Å²) in [6.45, 7) is 3.90. The SMILES string of the molecule is CCCOc1ccc(C(O)CN2CCCCC2=O)cc1. The second-order valence-corrected chi connectivity index (χ2v) is 5.23. The van der Waals surface area contributed by atoms with E-state index in [9.17, 15) is 9.90 Å². The molecule has 110 valence electrons. The Labute approximate surface area is 120 Å². The van der Waals surface area contributed by atoms with Crippen LogP contribution in [0.1, 0.15) is 44.3 Å². The minimum absolute atomic E-state index is 0.151. The van der Waals surface area contributed by atoms with E-state index in [1.165, 1.54) is 0 Å². The Kier molecular flexibility index (Phi) is 5.41. The number of piperidine rings is 1. The van der Waals surface area contributed by atoms with E-state index in [1.807, 2.05) is 24.3 Å². The van der Waals surface area contributed by atoms with Crippen LogP contribution in [0.3, 0.4) is 0 Å². The lowest BCUT2D eigenvalue weighted by Gasteiger charge is -2.28. The van der Waals surface area contributed by atoms with Crippen LogP contribution in [-0.4, -0.2) is 35.6 Å². The van der Waals surface area contributed by atoms with Gasteiger partial charge in [-0.15, -0.1) is 0 Å². The molecule has 0 aromatic heterocycles. The lowest BCUT2D eigenvalue weighted by molar-refractivity contribution is -0.134. The summed E-state index contributed by atoms with van der Waals surface area (Å²) in [6, 6.07) is 7.46.